The number of anilines is 2. The minimum absolute atomic E-state index is 0.0680. The monoisotopic (exact) mass is 521 g/mol. The van der Waals surface area contributed by atoms with Gasteiger partial charge in [-0.1, -0.05) is 18.2 Å². The predicted molar refractivity (Wildman–Crippen MR) is 132 cm³/mol. The Morgan fingerprint density at radius 2 is 1.79 bits per heavy atom. The largest absolute Gasteiger partial charge is 0.508 e. The summed E-state index contributed by atoms with van der Waals surface area (Å²) in [5, 5.41) is 24.0. The Hall–Kier alpha value is -4.29. The molecule has 3 aromatic rings. The predicted octanol–water partition coefficient (Wildman–Crippen LogP) is 4.73. The van der Waals surface area contributed by atoms with Gasteiger partial charge < -0.3 is 25.2 Å². The highest BCUT2D eigenvalue weighted by molar-refractivity contribution is 9.10. The number of benzene rings is 3. The quantitative estimate of drug-likeness (QED) is 0.224. The van der Waals surface area contributed by atoms with Gasteiger partial charge in [0, 0.05) is 5.69 Å². The average molecular weight is 522 g/mol. The van der Waals surface area contributed by atoms with Crippen LogP contribution in [0.2, 0.25) is 0 Å². The van der Waals surface area contributed by atoms with E-state index >= 15 is 0 Å². The second kappa shape index (κ2) is 11.5. The number of phenolic OH excluding ortho intramolecular Hbond substituents is 1. The minimum atomic E-state index is -0.586. The van der Waals surface area contributed by atoms with Crippen molar-refractivity contribution in [3.05, 3.63) is 82.3 Å². The summed E-state index contributed by atoms with van der Waals surface area (Å²) in [7, 11) is 1.52. The molecule has 0 spiro atoms. The lowest BCUT2D eigenvalue weighted by atomic mass is 10.1. The summed E-state index contributed by atoms with van der Waals surface area (Å²) in [5.74, 6) is 0.0736. The van der Waals surface area contributed by atoms with E-state index in [1.54, 1.807) is 42.5 Å². The Labute approximate surface area is 204 Å². The van der Waals surface area contributed by atoms with Crippen molar-refractivity contribution in [3.63, 3.8) is 0 Å². The normalized spacial score (nSPS) is 10.7. The van der Waals surface area contributed by atoms with Gasteiger partial charge in [-0.05, 0) is 76.1 Å². The Morgan fingerprint density at radius 3 is 2.47 bits per heavy atom. The lowest BCUT2D eigenvalue weighted by Crippen LogP contribution is -2.20. The molecule has 0 atom stereocenters. The molecule has 0 aliphatic rings. The van der Waals surface area contributed by atoms with Crippen LogP contribution in [0.15, 0.2) is 76.8 Å². The molecule has 2 amide bonds. The zero-order valence-corrected chi connectivity index (χ0v) is 19.6. The number of para-hydroxylation sites is 2. The molecule has 0 radical (unpaired) electrons. The van der Waals surface area contributed by atoms with E-state index in [4.69, 9.17) is 9.47 Å². The second-order valence-corrected chi connectivity index (χ2v) is 7.75. The number of nitrogens with one attached hydrogen (secondary N) is 2. The second-order valence-electron chi connectivity index (χ2n) is 6.90. The zero-order valence-electron chi connectivity index (χ0n) is 18.0. The number of nitrogens with zero attached hydrogens (tertiary/aromatic N) is 1. The van der Waals surface area contributed by atoms with Crippen molar-refractivity contribution in [2.75, 3.05) is 24.4 Å². The van der Waals surface area contributed by atoms with Crippen molar-refractivity contribution in [1.82, 2.24) is 0 Å². The number of ether oxygens (including phenoxy) is 2. The molecule has 3 aromatic carbocycles. The van der Waals surface area contributed by atoms with E-state index in [1.165, 1.54) is 37.5 Å². The van der Waals surface area contributed by atoms with Gasteiger partial charge in [-0.2, -0.15) is 5.26 Å². The van der Waals surface area contributed by atoms with Crippen molar-refractivity contribution in [2.45, 2.75) is 0 Å². The number of rotatable bonds is 8. The molecule has 8 nitrogen and oxygen atoms in total. The van der Waals surface area contributed by atoms with Gasteiger partial charge in [0.25, 0.3) is 11.8 Å². The Bertz CT molecular complexity index is 1270. The molecule has 3 N–H and O–H groups in total. The molecule has 0 saturated heterocycles. The Kier molecular flexibility index (Phi) is 8.26. The molecular weight excluding hydrogens is 502 g/mol. The highest BCUT2D eigenvalue weighted by atomic mass is 79.9. The van der Waals surface area contributed by atoms with Crippen molar-refractivity contribution < 1.29 is 24.2 Å². The standard InChI is InChI=1S/C25H20BrN3O5/c1-33-23-5-3-2-4-21(23)29-24(31)15-34-22-11-6-16(13-20(22)26)12-17(14-27)25(32)28-18-7-9-19(30)10-8-18/h2-13,30H,15H2,1H3,(H,28,32)(H,29,31)/b17-12+. The molecule has 0 unspecified atom stereocenters. The number of aromatic hydroxyl groups is 1. The lowest BCUT2D eigenvalue weighted by Gasteiger charge is -2.11. The van der Waals surface area contributed by atoms with E-state index in [9.17, 15) is 20.0 Å². The molecule has 0 bridgehead atoms. The van der Waals surface area contributed by atoms with Crippen LogP contribution < -0.4 is 20.1 Å². The van der Waals surface area contributed by atoms with Crippen LogP contribution in [0.25, 0.3) is 6.08 Å². The zero-order chi connectivity index (χ0) is 24.5. The molecule has 0 aliphatic carbocycles. The van der Waals surface area contributed by atoms with Gasteiger partial charge in [0.15, 0.2) is 6.61 Å². The fourth-order valence-electron chi connectivity index (χ4n) is 2.86. The molecular formula is C25H20BrN3O5. The van der Waals surface area contributed by atoms with Gasteiger partial charge in [0.2, 0.25) is 0 Å². The van der Waals surface area contributed by atoms with E-state index in [2.05, 4.69) is 26.6 Å². The van der Waals surface area contributed by atoms with E-state index < -0.39 is 5.91 Å². The molecule has 0 aromatic heterocycles. The van der Waals surface area contributed by atoms with Crippen LogP contribution in [0, 0.1) is 11.3 Å². The van der Waals surface area contributed by atoms with Crippen LogP contribution in [-0.4, -0.2) is 30.6 Å². The first-order chi connectivity index (χ1) is 16.4. The number of hydrogen-bond donors (Lipinski definition) is 3. The van der Waals surface area contributed by atoms with Crippen LogP contribution in [0.4, 0.5) is 11.4 Å². The third-order valence-corrected chi connectivity index (χ3v) is 5.12. The van der Waals surface area contributed by atoms with Crippen molar-refractivity contribution in [1.29, 1.82) is 5.26 Å². The maximum atomic E-state index is 12.4. The summed E-state index contributed by atoms with van der Waals surface area (Å²) in [5.41, 5.74) is 1.45. The first-order valence-electron chi connectivity index (χ1n) is 9.97. The molecule has 3 rings (SSSR count). The van der Waals surface area contributed by atoms with Gasteiger partial charge in [0.05, 0.1) is 17.3 Å². The summed E-state index contributed by atoms with van der Waals surface area (Å²) in [4.78, 5) is 24.7. The van der Waals surface area contributed by atoms with Crippen LogP contribution >= 0.6 is 15.9 Å². The van der Waals surface area contributed by atoms with E-state index in [1.807, 2.05) is 6.07 Å². The van der Waals surface area contributed by atoms with Gasteiger partial charge in [0.1, 0.15) is 28.9 Å². The first kappa shape index (κ1) is 24.4. The molecule has 172 valence electrons. The average Bonchev–Trinajstić information content (AvgIpc) is 2.83. The third-order valence-electron chi connectivity index (χ3n) is 4.50. The summed E-state index contributed by atoms with van der Waals surface area (Å²) in [6.07, 6.45) is 1.43. The van der Waals surface area contributed by atoms with Gasteiger partial charge in [-0.15, -0.1) is 0 Å². The SMILES string of the molecule is COc1ccccc1NC(=O)COc1ccc(/C=C(\C#N)C(=O)Nc2ccc(O)cc2)cc1Br. The van der Waals surface area contributed by atoms with Crippen molar-refractivity contribution >= 4 is 45.2 Å². The number of phenols is 1. The number of carbonyl (C=O) groups excluding carboxylic acids is 2. The topological polar surface area (TPSA) is 121 Å². The van der Waals surface area contributed by atoms with Gasteiger partial charge in [-0.3, -0.25) is 9.59 Å². The summed E-state index contributed by atoms with van der Waals surface area (Å²) >= 11 is 3.38. The van der Waals surface area contributed by atoms with E-state index in [-0.39, 0.29) is 23.8 Å². The van der Waals surface area contributed by atoms with E-state index in [0.717, 1.165) is 0 Å². The molecule has 0 saturated carbocycles. The van der Waals surface area contributed by atoms with Crippen LogP contribution in [0.1, 0.15) is 5.56 Å². The maximum absolute atomic E-state index is 12.4. The van der Waals surface area contributed by atoms with Crippen LogP contribution in [-0.2, 0) is 9.59 Å². The molecule has 0 heterocycles. The minimum Gasteiger partial charge on any atom is -0.508 e. The third kappa shape index (κ3) is 6.60. The number of nitriles is 1. The van der Waals surface area contributed by atoms with Crippen LogP contribution in [0.3, 0.4) is 0 Å². The lowest BCUT2D eigenvalue weighted by molar-refractivity contribution is -0.118. The van der Waals surface area contributed by atoms with Crippen molar-refractivity contribution in [3.8, 4) is 23.3 Å². The number of amides is 2. The molecule has 34 heavy (non-hydrogen) atoms. The number of carbonyl (C=O) groups is 2. The Morgan fingerprint density at radius 1 is 1.06 bits per heavy atom. The Balaban J connectivity index is 1.63. The van der Waals surface area contributed by atoms with E-state index in [0.29, 0.717) is 32.9 Å². The molecule has 9 heteroatoms. The molecule has 0 fully saturated rings. The number of hydrogen-bond acceptors (Lipinski definition) is 6. The fraction of sp³-hybridized carbons (Fsp3) is 0.0800. The van der Waals surface area contributed by atoms with Gasteiger partial charge >= 0.3 is 0 Å². The van der Waals surface area contributed by atoms with Crippen molar-refractivity contribution in [2.24, 2.45) is 0 Å². The van der Waals surface area contributed by atoms with Gasteiger partial charge in [-0.25, -0.2) is 0 Å². The summed E-state index contributed by atoms with van der Waals surface area (Å²) in [6.45, 7) is -0.232. The fourth-order valence-corrected chi connectivity index (χ4v) is 3.37. The van der Waals surface area contributed by atoms with Crippen LogP contribution in [0.5, 0.6) is 17.2 Å². The number of methoxy groups -OCH3 is 1. The molecule has 0 aliphatic heterocycles. The summed E-state index contributed by atoms with van der Waals surface area (Å²) in [6, 6.07) is 19.8. The number of halogens is 1. The first-order valence-corrected chi connectivity index (χ1v) is 10.8. The highest BCUT2D eigenvalue weighted by Gasteiger charge is 2.12. The smallest absolute Gasteiger partial charge is 0.266 e. The highest BCUT2D eigenvalue weighted by Crippen LogP contribution is 2.28. The summed E-state index contributed by atoms with van der Waals surface area (Å²) < 4.78 is 11.3. The maximum Gasteiger partial charge on any atom is 0.266 e.